The fourth-order valence-corrected chi connectivity index (χ4v) is 2.84. The van der Waals surface area contributed by atoms with Gasteiger partial charge < -0.3 is 5.32 Å². The summed E-state index contributed by atoms with van der Waals surface area (Å²) in [5.41, 5.74) is 1.27. The van der Waals surface area contributed by atoms with Gasteiger partial charge in [0.2, 0.25) is 0 Å². The summed E-state index contributed by atoms with van der Waals surface area (Å²) in [6.45, 7) is 4.00. The second-order valence-electron chi connectivity index (χ2n) is 2.33. The molecule has 0 radical (unpaired) electrons. The summed E-state index contributed by atoms with van der Waals surface area (Å²) in [5, 5.41) is 3.41. The molecule has 3 heteroatoms. The summed E-state index contributed by atoms with van der Waals surface area (Å²) >= 11 is 3.73. The van der Waals surface area contributed by atoms with Crippen molar-refractivity contribution in [1.82, 2.24) is 0 Å². The molecule has 1 aromatic carbocycles. The molecule has 1 aliphatic rings. The average molecular weight is 213 g/mol. The van der Waals surface area contributed by atoms with Crippen molar-refractivity contribution in [3.63, 3.8) is 0 Å². The van der Waals surface area contributed by atoms with E-state index in [1.54, 1.807) is 0 Å². The normalized spacial score (nSPS) is 18.2. The Morgan fingerprint density at radius 3 is 2.62 bits per heavy atom. The standard InChI is InChI=1S/C8H9NS2.C2H6/c1-10-8-9-6-4-2-3-5-7(6)11-8;1-2/h2-5,8-9H,1H3;1-2H3. The molecule has 0 saturated heterocycles. The van der Waals surface area contributed by atoms with Crippen molar-refractivity contribution < 1.29 is 0 Å². The third-order valence-electron chi connectivity index (χ3n) is 1.61. The lowest BCUT2D eigenvalue weighted by Gasteiger charge is -2.03. The van der Waals surface area contributed by atoms with E-state index >= 15 is 0 Å². The van der Waals surface area contributed by atoms with Crippen LogP contribution in [-0.4, -0.2) is 11.0 Å². The Labute approximate surface area is 88.7 Å². The summed E-state index contributed by atoms with van der Waals surface area (Å²) in [6.07, 6.45) is 2.12. The maximum atomic E-state index is 3.41. The number of thioether (sulfide) groups is 2. The summed E-state index contributed by atoms with van der Waals surface area (Å²) < 4.78 is 0.507. The van der Waals surface area contributed by atoms with Gasteiger partial charge in [0.25, 0.3) is 0 Å². The minimum Gasteiger partial charge on any atom is -0.364 e. The highest BCUT2D eigenvalue weighted by Gasteiger charge is 2.18. The Kier molecular flexibility index (Phi) is 4.53. The third kappa shape index (κ3) is 2.58. The zero-order valence-electron chi connectivity index (χ0n) is 8.20. The van der Waals surface area contributed by atoms with Crippen LogP contribution in [0.2, 0.25) is 0 Å². The minimum atomic E-state index is 0.507. The van der Waals surface area contributed by atoms with Gasteiger partial charge in [0.1, 0.15) is 4.71 Å². The van der Waals surface area contributed by atoms with Gasteiger partial charge in [0.05, 0.1) is 0 Å². The number of hydrogen-bond acceptors (Lipinski definition) is 3. The molecule has 0 aliphatic carbocycles. The first-order valence-electron chi connectivity index (χ1n) is 4.45. The molecule has 13 heavy (non-hydrogen) atoms. The van der Waals surface area contributed by atoms with E-state index < -0.39 is 0 Å². The predicted octanol–water partition coefficient (Wildman–Crippen LogP) is 3.88. The predicted molar refractivity (Wildman–Crippen MR) is 64.6 cm³/mol. The van der Waals surface area contributed by atoms with E-state index in [4.69, 9.17) is 0 Å². The lowest BCUT2D eigenvalue weighted by atomic mass is 10.3. The van der Waals surface area contributed by atoms with Crippen LogP contribution in [0.4, 0.5) is 5.69 Å². The van der Waals surface area contributed by atoms with Crippen molar-refractivity contribution in [3.8, 4) is 0 Å². The molecule has 72 valence electrons. The molecule has 1 unspecified atom stereocenters. The van der Waals surface area contributed by atoms with Gasteiger partial charge >= 0.3 is 0 Å². The van der Waals surface area contributed by atoms with E-state index in [-0.39, 0.29) is 0 Å². The van der Waals surface area contributed by atoms with E-state index in [1.165, 1.54) is 10.6 Å². The number of benzene rings is 1. The first-order chi connectivity index (χ1) is 6.40. The van der Waals surface area contributed by atoms with Crippen LogP contribution >= 0.6 is 23.5 Å². The number of hydrogen-bond donors (Lipinski definition) is 1. The highest BCUT2D eigenvalue weighted by Crippen LogP contribution is 2.41. The fourth-order valence-electron chi connectivity index (χ4n) is 1.07. The Balaban J connectivity index is 0.000000396. The summed E-state index contributed by atoms with van der Waals surface area (Å²) in [4.78, 5) is 1.37. The van der Waals surface area contributed by atoms with Crippen molar-refractivity contribution in [2.24, 2.45) is 0 Å². The largest absolute Gasteiger partial charge is 0.364 e. The van der Waals surface area contributed by atoms with Crippen LogP contribution in [0.1, 0.15) is 13.8 Å². The molecule has 0 amide bonds. The Morgan fingerprint density at radius 2 is 2.00 bits per heavy atom. The van der Waals surface area contributed by atoms with Crippen LogP contribution in [0.3, 0.4) is 0 Å². The molecule has 1 atom stereocenters. The maximum absolute atomic E-state index is 3.41. The second kappa shape index (κ2) is 5.45. The molecule has 1 nitrogen and oxygen atoms in total. The molecule has 1 N–H and O–H groups in total. The third-order valence-corrected chi connectivity index (χ3v) is 3.96. The van der Waals surface area contributed by atoms with Gasteiger partial charge in [0.15, 0.2) is 0 Å². The van der Waals surface area contributed by atoms with Gasteiger partial charge in [0, 0.05) is 10.6 Å². The number of nitrogens with one attached hydrogen (secondary N) is 1. The highest BCUT2D eigenvalue weighted by atomic mass is 32.2. The lowest BCUT2D eigenvalue weighted by Crippen LogP contribution is -2.02. The highest BCUT2D eigenvalue weighted by molar-refractivity contribution is 8.17. The van der Waals surface area contributed by atoms with Crippen LogP contribution < -0.4 is 5.32 Å². The van der Waals surface area contributed by atoms with E-state index in [0.29, 0.717) is 4.71 Å². The minimum absolute atomic E-state index is 0.507. The number of fused-ring (bicyclic) bond motifs is 1. The SMILES string of the molecule is CC.CSC1Nc2ccccc2S1. The van der Waals surface area contributed by atoms with Gasteiger partial charge in [-0.25, -0.2) is 0 Å². The van der Waals surface area contributed by atoms with Crippen molar-refractivity contribution in [2.45, 2.75) is 23.4 Å². The van der Waals surface area contributed by atoms with E-state index in [2.05, 4.69) is 35.8 Å². The zero-order valence-corrected chi connectivity index (χ0v) is 9.84. The quantitative estimate of drug-likeness (QED) is 0.760. The molecule has 0 bridgehead atoms. The first-order valence-corrected chi connectivity index (χ1v) is 6.62. The number of anilines is 1. The molecule has 2 rings (SSSR count). The van der Waals surface area contributed by atoms with Gasteiger partial charge in [-0.2, -0.15) is 0 Å². The van der Waals surface area contributed by atoms with Gasteiger partial charge in [-0.1, -0.05) is 37.7 Å². The lowest BCUT2D eigenvalue weighted by molar-refractivity contribution is 1.39. The topological polar surface area (TPSA) is 12.0 Å². The van der Waals surface area contributed by atoms with Crippen LogP contribution in [0, 0.1) is 0 Å². The van der Waals surface area contributed by atoms with Crippen molar-refractivity contribution in [2.75, 3.05) is 11.6 Å². The molecule has 0 saturated carbocycles. The van der Waals surface area contributed by atoms with Gasteiger partial charge in [-0.3, -0.25) is 0 Å². The number of rotatable bonds is 1. The van der Waals surface area contributed by atoms with Crippen LogP contribution in [0.5, 0.6) is 0 Å². The van der Waals surface area contributed by atoms with Crippen molar-refractivity contribution in [3.05, 3.63) is 24.3 Å². The molecule has 1 aromatic rings. The van der Waals surface area contributed by atoms with Crippen molar-refractivity contribution in [1.29, 1.82) is 0 Å². The zero-order chi connectivity index (χ0) is 9.68. The Morgan fingerprint density at radius 1 is 1.31 bits per heavy atom. The van der Waals surface area contributed by atoms with Crippen LogP contribution in [-0.2, 0) is 0 Å². The van der Waals surface area contributed by atoms with Crippen molar-refractivity contribution >= 4 is 29.2 Å². The summed E-state index contributed by atoms with van der Waals surface area (Å²) in [5.74, 6) is 0. The second-order valence-corrected chi connectivity index (χ2v) is 4.71. The Hall–Kier alpha value is -0.280. The summed E-state index contributed by atoms with van der Waals surface area (Å²) in [6, 6.07) is 8.42. The molecular formula is C10H15NS2. The van der Waals surface area contributed by atoms with E-state index in [9.17, 15) is 0 Å². The molecular weight excluding hydrogens is 198 g/mol. The molecule has 0 fully saturated rings. The van der Waals surface area contributed by atoms with E-state index in [1.807, 2.05) is 37.4 Å². The number of para-hydroxylation sites is 1. The van der Waals surface area contributed by atoms with Crippen LogP contribution in [0.25, 0.3) is 0 Å². The smallest absolute Gasteiger partial charge is 0.124 e. The molecule has 0 aromatic heterocycles. The molecule has 1 aliphatic heterocycles. The Bertz CT molecular complexity index is 238. The average Bonchev–Trinajstić information content (AvgIpc) is 2.63. The fraction of sp³-hybridized carbons (Fsp3) is 0.400. The van der Waals surface area contributed by atoms with Crippen LogP contribution in [0.15, 0.2) is 29.2 Å². The molecule has 0 spiro atoms. The summed E-state index contributed by atoms with van der Waals surface area (Å²) in [7, 11) is 0. The maximum Gasteiger partial charge on any atom is 0.124 e. The van der Waals surface area contributed by atoms with E-state index in [0.717, 1.165) is 0 Å². The molecule has 1 heterocycles. The van der Waals surface area contributed by atoms with Gasteiger partial charge in [-0.05, 0) is 18.4 Å². The monoisotopic (exact) mass is 213 g/mol. The van der Waals surface area contributed by atoms with Gasteiger partial charge in [-0.15, -0.1) is 11.8 Å². The first kappa shape index (κ1) is 10.8.